The Morgan fingerprint density at radius 2 is 2.22 bits per heavy atom. The molecule has 0 aromatic heterocycles. The van der Waals surface area contributed by atoms with Crippen LogP contribution in [-0.2, 0) is 16.0 Å². The number of carbonyl (C=O) groups excluding carboxylic acids is 1. The molecule has 96 valence electrons. The maximum Gasteiger partial charge on any atom is 0.319 e. The molecule has 1 fully saturated rings. The summed E-state index contributed by atoms with van der Waals surface area (Å²) >= 11 is 0. The van der Waals surface area contributed by atoms with E-state index in [0.29, 0.717) is 24.4 Å². The van der Waals surface area contributed by atoms with Gasteiger partial charge in [0.15, 0.2) is 0 Å². The van der Waals surface area contributed by atoms with Gasteiger partial charge in [0.2, 0.25) is 0 Å². The van der Waals surface area contributed by atoms with Gasteiger partial charge in [0.25, 0.3) is 0 Å². The van der Waals surface area contributed by atoms with Gasteiger partial charge in [-0.2, -0.15) is 0 Å². The highest BCUT2D eigenvalue weighted by Gasteiger charge is 2.41. The normalized spacial score (nSPS) is 28.8. The van der Waals surface area contributed by atoms with Gasteiger partial charge >= 0.3 is 5.97 Å². The highest BCUT2D eigenvalue weighted by Crippen LogP contribution is 2.48. The smallest absolute Gasteiger partial charge is 0.319 e. The average molecular weight is 245 g/mol. The first kappa shape index (κ1) is 11.7. The lowest BCUT2D eigenvalue weighted by molar-refractivity contribution is -0.139. The molecule has 2 aliphatic carbocycles. The molecule has 0 heterocycles. The van der Waals surface area contributed by atoms with Crippen molar-refractivity contribution in [3.05, 3.63) is 35.4 Å². The average Bonchev–Trinajstić information content (AvgIpc) is 2.95. The largest absolute Gasteiger partial charge is 0.468 e. The predicted molar refractivity (Wildman–Crippen MR) is 69.4 cm³/mol. The third kappa shape index (κ3) is 1.93. The Hall–Kier alpha value is -1.35. The Labute approximate surface area is 108 Å². The van der Waals surface area contributed by atoms with Gasteiger partial charge in [-0.15, -0.1) is 0 Å². The lowest BCUT2D eigenvalue weighted by Gasteiger charge is -2.19. The molecule has 18 heavy (non-hydrogen) atoms. The van der Waals surface area contributed by atoms with E-state index >= 15 is 0 Å². The van der Waals surface area contributed by atoms with Crippen molar-refractivity contribution >= 4 is 5.97 Å². The van der Waals surface area contributed by atoms with Gasteiger partial charge in [-0.1, -0.05) is 24.3 Å². The minimum Gasteiger partial charge on any atom is -0.468 e. The fourth-order valence-corrected chi connectivity index (χ4v) is 3.61. The van der Waals surface area contributed by atoms with Crippen LogP contribution in [0.5, 0.6) is 0 Å². The topological polar surface area (TPSA) is 38.3 Å². The molecule has 1 saturated carbocycles. The Balaban J connectivity index is 1.68. The highest BCUT2D eigenvalue weighted by atomic mass is 16.5. The van der Waals surface area contributed by atoms with Crippen LogP contribution in [0.3, 0.4) is 0 Å². The van der Waals surface area contributed by atoms with Crippen LogP contribution in [-0.4, -0.2) is 25.7 Å². The van der Waals surface area contributed by atoms with Crippen molar-refractivity contribution < 1.29 is 9.53 Å². The van der Waals surface area contributed by atoms with Crippen LogP contribution in [0.1, 0.15) is 29.9 Å². The third-order valence-corrected chi connectivity index (χ3v) is 4.47. The first-order valence-electron chi connectivity index (χ1n) is 6.67. The molecule has 0 spiro atoms. The molecule has 3 nitrogen and oxygen atoms in total. The van der Waals surface area contributed by atoms with E-state index in [2.05, 4.69) is 34.3 Å². The van der Waals surface area contributed by atoms with E-state index in [9.17, 15) is 4.79 Å². The molecule has 0 radical (unpaired) electrons. The van der Waals surface area contributed by atoms with Gasteiger partial charge in [0.1, 0.15) is 0 Å². The number of nitrogens with one attached hydrogen (secondary N) is 1. The van der Waals surface area contributed by atoms with Gasteiger partial charge < -0.3 is 10.1 Å². The van der Waals surface area contributed by atoms with E-state index in [0.717, 1.165) is 6.42 Å². The van der Waals surface area contributed by atoms with E-state index in [1.54, 1.807) is 0 Å². The van der Waals surface area contributed by atoms with E-state index in [-0.39, 0.29) is 5.97 Å². The molecular weight excluding hydrogens is 226 g/mol. The quantitative estimate of drug-likeness (QED) is 0.826. The van der Waals surface area contributed by atoms with Gasteiger partial charge in [0.05, 0.1) is 13.7 Å². The first-order chi connectivity index (χ1) is 8.79. The summed E-state index contributed by atoms with van der Waals surface area (Å²) in [7, 11) is 1.44. The number of methoxy groups -OCH3 is 1. The maximum atomic E-state index is 11.2. The summed E-state index contributed by atoms with van der Waals surface area (Å²) in [4.78, 5) is 11.2. The zero-order valence-corrected chi connectivity index (χ0v) is 10.7. The van der Waals surface area contributed by atoms with Crippen LogP contribution >= 0.6 is 0 Å². The van der Waals surface area contributed by atoms with E-state index in [1.807, 2.05) is 0 Å². The number of esters is 1. The zero-order chi connectivity index (χ0) is 12.5. The van der Waals surface area contributed by atoms with Crippen LogP contribution in [0.4, 0.5) is 0 Å². The van der Waals surface area contributed by atoms with Crippen LogP contribution in [0.15, 0.2) is 24.3 Å². The number of carbonyl (C=O) groups is 1. The molecule has 3 heteroatoms. The fourth-order valence-electron chi connectivity index (χ4n) is 3.61. The predicted octanol–water partition coefficient (Wildman–Crippen LogP) is 1.87. The summed E-state index contributed by atoms with van der Waals surface area (Å²) in [6.45, 7) is 0.334. The Morgan fingerprint density at radius 3 is 3.06 bits per heavy atom. The summed E-state index contributed by atoms with van der Waals surface area (Å²) in [5.74, 6) is 1.18. The van der Waals surface area contributed by atoms with Gasteiger partial charge in [0, 0.05) is 6.04 Å². The molecule has 3 unspecified atom stereocenters. The fraction of sp³-hybridized carbons (Fsp3) is 0.533. The Morgan fingerprint density at radius 1 is 1.39 bits per heavy atom. The number of benzene rings is 1. The number of ether oxygens (including phenoxy) is 1. The summed E-state index contributed by atoms with van der Waals surface area (Å²) in [6.07, 6.45) is 3.56. The standard InChI is InChI=1S/C15H19NO2/c1-18-15(17)9-16-14-7-6-12-11-5-3-2-4-10(11)8-13(12)14/h2-5,12-14,16H,6-9H2,1H3. The van der Waals surface area contributed by atoms with Crippen molar-refractivity contribution in [2.75, 3.05) is 13.7 Å². The number of hydrogen-bond acceptors (Lipinski definition) is 3. The monoisotopic (exact) mass is 245 g/mol. The number of rotatable bonds is 3. The molecule has 3 atom stereocenters. The lowest BCUT2D eigenvalue weighted by Crippen LogP contribution is -2.37. The summed E-state index contributed by atoms with van der Waals surface area (Å²) in [5.41, 5.74) is 3.03. The number of hydrogen-bond donors (Lipinski definition) is 1. The van der Waals surface area contributed by atoms with E-state index in [4.69, 9.17) is 0 Å². The molecule has 0 aliphatic heterocycles. The van der Waals surface area contributed by atoms with Crippen molar-refractivity contribution in [1.29, 1.82) is 0 Å². The molecule has 1 aromatic carbocycles. The highest BCUT2D eigenvalue weighted by molar-refractivity contribution is 5.71. The van der Waals surface area contributed by atoms with Gasteiger partial charge in [-0.3, -0.25) is 4.79 Å². The van der Waals surface area contributed by atoms with E-state index < -0.39 is 0 Å². The minimum atomic E-state index is -0.172. The van der Waals surface area contributed by atoms with Crippen molar-refractivity contribution in [1.82, 2.24) is 5.32 Å². The summed E-state index contributed by atoms with van der Waals surface area (Å²) in [5, 5.41) is 3.36. The second-order valence-corrected chi connectivity index (χ2v) is 5.31. The van der Waals surface area contributed by atoms with Crippen LogP contribution < -0.4 is 5.32 Å². The Bertz CT molecular complexity index is 458. The van der Waals surface area contributed by atoms with Gasteiger partial charge in [-0.05, 0) is 42.2 Å². The molecule has 0 amide bonds. The maximum absolute atomic E-state index is 11.2. The lowest BCUT2D eigenvalue weighted by atomic mass is 9.94. The molecule has 2 aliphatic rings. The van der Waals surface area contributed by atoms with Gasteiger partial charge in [-0.25, -0.2) is 0 Å². The van der Waals surface area contributed by atoms with Crippen LogP contribution in [0.25, 0.3) is 0 Å². The van der Waals surface area contributed by atoms with E-state index in [1.165, 1.54) is 31.1 Å². The van der Waals surface area contributed by atoms with Crippen molar-refractivity contribution in [3.63, 3.8) is 0 Å². The molecular formula is C15H19NO2. The second-order valence-electron chi connectivity index (χ2n) is 5.31. The van der Waals surface area contributed by atoms with Crippen molar-refractivity contribution in [3.8, 4) is 0 Å². The van der Waals surface area contributed by atoms with Crippen LogP contribution in [0.2, 0.25) is 0 Å². The minimum absolute atomic E-state index is 0.172. The summed E-state index contributed by atoms with van der Waals surface area (Å²) < 4.78 is 4.68. The molecule has 1 N–H and O–H groups in total. The summed E-state index contributed by atoms with van der Waals surface area (Å²) in [6, 6.07) is 9.22. The number of fused-ring (bicyclic) bond motifs is 3. The molecule has 1 aromatic rings. The SMILES string of the molecule is COC(=O)CNC1CCC2c3ccccc3CC12. The molecule has 0 saturated heterocycles. The van der Waals surface area contributed by atoms with Crippen molar-refractivity contribution in [2.24, 2.45) is 5.92 Å². The zero-order valence-electron chi connectivity index (χ0n) is 10.7. The van der Waals surface area contributed by atoms with Crippen molar-refractivity contribution in [2.45, 2.75) is 31.2 Å². The first-order valence-corrected chi connectivity index (χ1v) is 6.67. The van der Waals surface area contributed by atoms with Crippen LogP contribution in [0, 0.1) is 5.92 Å². The Kier molecular flexibility index (Phi) is 3.08. The molecule has 3 rings (SSSR count). The second kappa shape index (κ2) is 4.73. The molecule has 0 bridgehead atoms. The third-order valence-electron chi connectivity index (χ3n) is 4.47.